The van der Waals surface area contributed by atoms with Gasteiger partial charge in [0.2, 0.25) is 0 Å². The van der Waals surface area contributed by atoms with Crippen LogP contribution in [-0.4, -0.2) is 45.3 Å². The van der Waals surface area contributed by atoms with Crippen molar-refractivity contribution in [1.82, 2.24) is 0 Å². The van der Waals surface area contributed by atoms with Crippen LogP contribution in [0.25, 0.3) is 0 Å². The maximum absolute atomic E-state index is 16.7. The van der Waals surface area contributed by atoms with E-state index in [1.54, 1.807) is 6.92 Å². The molecule has 4 aliphatic rings. The van der Waals surface area contributed by atoms with Gasteiger partial charge in [0.25, 0.3) is 0 Å². The van der Waals surface area contributed by atoms with Crippen LogP contribution in [0.5, 0.6) is 0 Å². The van der Waals surface area contributed by atoms with E-state index in [4.69, 9.17) is 0 Å². The van der Waals surface area contributed by atoms with Gasteiger partial charge in [0.05, 0.1) is 0 Å². The van der Waals surface area contributed by atoms with Gasteiger partial charge in [0.15, 0.2) is 22.8 Å². The molecule has 0 aliphatic heterocycles. The molecule has 0 bridgehead atoms. The third-order valence-electron chi connectivity index (χ3n) is 8.13. The Kier molecular flexibility index (Phi) is 3.74. The van der Waals surface area contributed by atoms with Crippen LogP contribution in [0.1, 0.15) is 46.0 Å². The molecule has 2 N–H and O–H groups in total. The number of alkyl halides is 1. The number of halogens is 1. The second kappa shape index (κ2) is 5.47. The lowest BCUT2D eigenvalue weighted by Gasteiger charge is -2.59. The van der Waals surface area contributed by atoms with E-state index >= 15 is 4.39 Å². The van der Waals surface area contributed by atoms with Crippen LogP contribution in [-0.2, 0) is 19.2 Å². The van der Waals surface area contributed by atoms with E-state index in [2.05, 4.69) is 0 Å². The first-order chi connectivity index (χ1) is 13.0. The Balaban J connectivity index is 1.95. The summed E-state index contributed by atoms with van der Waals surface area (Å²) in [7, 11) is 0. The minimum atomic E-state index is -2.35. The molecule has 0 aromatic heterocycles. The van der Waals surface area contributed by atoms with Crippen molar-refractivity contribution in [1.29, 1.82) is 0 Å². The molecule has 2 saturated carbocycles. The largest absolute Gasteiger partial charge is 0.479 e. The van der Waals surface area contributed by atoms with Gasteiger partial charge in [-0.1, -0.05) is 19.9 Å². The zero-order chi connectivity index (χ0) is 20.7. The number of carboxylic acids is 1. The van der Waals surface area contributed by atoms with Crippen LogP contribution < -0.4 is 0 Å². The molecule has 0 aromatic rings. The maximum atomic E-state index is 16.7. The van der Waals surface area contributed by atoms with Crippen LogP contribution in [0, 0.1) is 22.7 Å². The van der Waals surface area contributed by atoms with Crippen molar-refractivity contribution < 1.29 is 33.8 Å². The Morgan fingerprint density at radius 2 is 1.96 bits per heavy atom. The lowest BCUT2D eigenvalue weighted by molar-refractivity contribution is -0.189. The van der Waals surface area contributed by atoms with Gasteiger partial charge in [-0.05, 0) is 36.8 Å². The van der Waals surface area contributed by atoms with E-state index < -0.39 is 52.1 Å². The maximum Gasteiger partial charge on any atom is 0.336 e. The van der Waals surface area contributed by atoms with E-state index in [1.807, 2.05) is 0 Å². The minimum absolute atomic E-state index is 0.0779. The van der Waals surface area contributed by atoms with Crippen molar-refractivity contribution in [2.75, 3.05) is 0 Å². The SMILES string of the molecule is C[C@]12CCC(=O)C=C1C(C=O)=C[C@H]1[C@@H]3CC[C@](O)(C(=O)O)[C@@]3(C)CC(=O)[C@@]12F. The summed E-state index contributed by atoms with van der Waals surface area (Å²) < 4.78 is 16.7. The fourth-order valence-electron chi connectivity index (χ4n) is 6.38. The summed E-state index contributed by atoms with van der Waals surface area (Å²) in [6, 6.07) is 0. The number of allylic oxidation sites excluding steroid dienone is 4. The number of carbonyl (C=O) groups excluding carboxylic acids is 3. The average molecular weight is 390 g/mol. The topological polar surface area (TPSA) is 109 Å². The van der Waals surface area contributed by atoms with Crippen LogP contribution in [0.4, 0.5) is 4.39 Å². The molecule has 150 valence electrons. The first-order valence-electron chi connectivity index (χ1n) is 9.56. The Morgan fingerprint density at radius 1 is 1.29 bits per heavy atom. The molecule has 6 atom stereocenters. The molecule has 7 heteroatoms. The summed E-state index contributed by atoms with van der Waals surface area (Å²) in [5.41, 5.74) is -6.71. The third-order valence-corrected chi connectivity index (χ3v) is 8.13. The molecule has 4 rings (SSSR count). The molecule has 0 unspecified atom stereocenters. The van der Waals surface area contributed by atoms with Gasteiger partial charge < -0.3 is 10.2 Å². The van der Waals surface area contributed by atoms with E-state index in [0.29, 0.717) is 6.29 Å². The van der Waals surface area contributed by atoms with E-state index in [9.17, 15) is 29.4 Å². The lowest BCUT2D eigenvalue weighted by Crippen LogP contribution is -2.67. The second-order valence-electron chi connectivity index (χ2n) is 9.16. The first kappa shape index (κ1) is 19.2. The number of Topliss-reactive ketones (excluding diaryl/α,β-unsaturated/α-hetero) is 1. The molecular formula is C21H23FO6. The molecule has 28 heavy (non-hydrogen) atoms. The highest BCUT2D eigenvalue weighted by atomic mass is 19.1. The zero-order valence-corrected chi connectivity index (χ0v) is 15.8. The van der Waals surface area contributed by atoms with Crippen LogP contribution >= 0.6 is 0 Å². The molecule has 4 aliphatic carbocycles. The Hall–Kier alpha value is -2.15. The Labute approximate surface area is 161 Å². The number of hydrogen-bond acceptors (Lipinski definition) is 5. The highest BCUT2D eigenvalue weighted by Gasteiger charge is 2.74. The van der Waals surface area contributed by atoms with Gasteiger partial charge in [0, 0.05) is 35.2 Å². The van der Waals surface area contributed by atoms with Gasteiger partial charge >= 0.3 is 5.97 Å². The fourth-order valence-corrected chi connectivity index (χ4v) is 6.38. The number of fused-ring (bicyclic) bond motifs is 5. The van der Waals surface area contributed by atoms with Gasteiger partial charge in [0.1, 0.15) is 6.29 Å². The molecule has 0 aromatic carbocycles. The van der Waals surface area contributed by atoms with Gasteiger partial charge in [-0.25, -0.2) is 9.18 Å². The average Bonchev–Trinajstić information content (AvgIpc) is 2.89. The molecule has 2 fully saturated rings. The number of aldehydes is 1. The number of aliphatic hydroxyl groups is 1. The van der Waals surface area contributed by atoms with Crippen LogP contribution in [0.3, 0.4) is 0 Å². The summed E-state index contributed by atoms with van der Waals surface area (Å²) in [4.78, 5) is 48.7. The summed E-state index contributed by atoms with van der Waals surface area (Å²) in [6.07, 6.45) is 3.18. The molecule has 0 spiro atoms. The normalized spacial score (nSPS) is 47.4. The van der Waals surface area contributed by atoms with Crippen LogP contribution in [0.15, 0.2) is 23.3 Å². The Bertz CT molecular complexity index is 889. The third kappa shape index (κ3) is 1.91. The van der Waals surface area contributed by atoms with Gasteiger partial charge in [-0.2, -0.15) is 0 Å². The summed E-state index contributed by atoms with van der Waals surface area (Å²) in [5, 5.41) is 20.5. The predicted octanol–water partition coefficient (Wildman–Crippen LogP) is 1.95. The quantitative estimate of drug-likeness (QED) is 0.698. The van der Waals surface area contributed by atoms with E-state index in [0.717, 1.165) is 0 Å². The molecule has 0 saturated heterocycles. The van der Waals surface area contributed by atoms with Gasteiger partial charge in [-0.15, -0.1) is 0 Å². The monoisotopic (exact) mass is 390 g/mol. The molecule has 6 nitrogen and oxygen atoms in total. The number of hydrogen-bond donors (Lipinski definition) is 2. The van der Waals surface area contributed by atoms with Gasteiger partial charge in [-0.3, -0.25) is 14.4 Å². The fraction of sp³-hybridized carbons (Fsp3) is 0.619. The predicted molar refractivity (Wildman–Crippen MR) is 94.9 cm³/mol. The van der Waals surface area contributed by atoms with Crippen LogP contribution in [0.2, 0.25) is 0 Å². The Morgan fingerprint density at radius 3 is 2.57 bits per heavy atom. The highest BCUT2D eigenvalue weighted by molar-refractivity contribution is 6.00. The van der Waals surface area contributed by atoms with Crippen molar-refractivity contribution in [3.05, 3.63) is 23.3 Å². The van der Waals surface area contributed by atoms with Crippen molar-refractivity contribution in [2.45, 2.75) is 57.2 Å². The highest BCUT2D eigenvalue weighted by Crippen LogP contribution is 2.68. The molecule has 0 amide bonds. The summed E-state index contributed by atoms with van der Waals surface area (Å²) in [6.45, 7) is 3.11. The number of carboxylic acid groups (broad SMARTS) is 1. The van der Waals surface area contributed by atoms with Crippen molar-refractivity contribution in [3.8, 4) is 0 Å². The standard InChI is InChI=1S/C21H23FO6/c1-18-5-3-12(24)8-14(18)11(10-23)7-15-13-4-6-20(28,17(26)27)19(13,2)9-16(25)21(15,18)22/h7-8,10,13,15,28H,3-6,9H2,1-2H3,(H,26,27)/t13-,15-,18-,19-,20-,21-/m0/s1. The number of carbonyl (C=O) groups is 4. The summed E-state index contributed by atoms with van der Waals surface area (Å²) >= 11 is 0. The number of aliphatic carboxylic acids is 1. The summed E-state index contributed by atoms with van der Waals surface area (Å²) in [5.74, 6) is -4.02. The van der Waals surface area contributed by atoms with Crippen molar-refractivity contribution in [3.63, 3.8) is 0 Å². The first-order valence-corrected chi connectivity index (χ1v) is 9.56. The second-order valence-corrected chi connectivity index (χ2v) is 9.16. The minimum Gasteiger partial charge on any atom is -0.479 e. The van der Waals surface area contributed by atoms with Crippen molar-refractivity contribution in [2.24, 2.45) is 22.7 Å². The van der Waals surface area contributed by atoms with Crippen molar-refractivity contribution >= 4 is 23.8 Å². The molecular weight excluding hydrogens is 367 g/mol. The van der Waals surface area contributed by atoms with E-state index in [-0.39, 0.29) is 42.6 Å². The smallest absolute Gasteiger partial charge is 0.336 e. The zero-order valence-electron chi connectivity index (χ0n) is 15.8. The molecule has 0 heterocycles. The van der Waals surface area contributed by atoms with E-state index in [1.165, 1.54) is 19.1 Å². The lowest BCUT2D eigenvalue weighted by atomic mass is 9.45. The number of rotatable bonds is 2. The number of ketones is 2. The molecule has 0 radical (unpaired) electrons.